The summed E-state index contributed by atoms with van der Waals surface area (Å²) in [6, 6.07) is 3.66. The van der Waals surface area contributed by atoms with Gasteiger partial charge in [0, 0.05) is 18.2 Å². The fourth-order valence-corrected chi connectivity index (χ4v) is 1.07. The Kier molecular flexibility index (Phi) is 3.19. The molecule has 72 valence electrons. The molecule has 2 nitrogen and oxygen atoms in total. The first-order valence-corrected chi connectivity index (χ1v) is 3.86. The Morgan fingerprint density at radius 2 is 2.23 bits per heavy atom. The second kappa shape index (κ2) is 4.18. The van der Waals surface area contributed by atoms with E-state index < -0.39 is 12.0 Å². The summed E-state index contributed by atoms with van der Waals surface area (Å²) in [7, 11) is 1.36. The van der Waals surface area contributed by atoms with E-state index in [1.54, 1.807) is 0 Å². The Hall–Kier alpha value is -1.16. The molecule has 0 radical (unpaired) electrons. The van der Waals surface area contributed by atoms with E-state index in [2.05, 4.69) is 0 Å². The normalized spacial score (nSPS) is 12.6. The second-order valence-corrected chi connectivity index (χ2v) is 2.59. The van der Waals surface area contributed by atoms with E-state index in [9.17, 15) is 8.78 Å². The van der Waals surface area contributed by atoms with E-state index >= 15 is 0 Å². The van der Waals surface area contributed by atoms with Gasteiger partial charge in [-0.05, 0) is 12.1 Å². The van der Waals surface area contributed by atoms with Crippen molar-refractivity contribution in [3.8, 4) is 5.75 Å². The first-order chi connectivity index (χ1) is 6.19. The van der Waals surface area contributed by atoms with Gasteiger partial charge < -0.3 is 10.5 Å². The minimum atomic E-state index is -1.31. The zero-order valence-electron chi connectivity index (χ0n) is 7.26. The van der Waals surface area contributed by atoms with E-state index in [0.717, 1.165) is 6.07 Å². The van der Waals surface area contributed by atoms with Crippen molar-refractivity contribution >= 4 is 0 Å². The van der Waals surface area contributed by atoms with E-state index in [-0.39, 0.29) is 17.9 Å². The Morgan fingerprint density at radius 3 is 2.77 bits per heavy atom. The number of hydrogen-bond donors (Lipinski definition) is 1. The average Bonchev–Trinajstić information content (AvgIpc) is 2.16. The molecule has 0 aliphatic rings. The maximum absolute atomic E-state index is 13.1. The molecule has 1 aromatic rings. The van der Waals surface area contributed by atoms with E-state index in [1.807, 2.05) is 0 Å². The summed E-state index contributed by atoms with van der Waals surface area (Å²) < 4.78 is 30.6. The summed E-state index contributed by atoms with van der Waals surface area (Å²) in [6.45, 7) is -0.137. The molecule has 0 aromatic heterocycles. The van der Waals surface area contributed by atoms with Crippen LogP contribution in [-0.4, -0.2) is 13.7 Å². The lowest BCUT2D eigenvalue weighted by molar-refractivity contribution is 0.330. The number of nitrogens with two attached hydrogens (primary N) is 1. The molecule has 4 heteroatoms. The zero-order chi connectivity index (χ0) is 9.84. The fourth-order valence-electron chi connectivity index (χ4n) is 1.07. The van der Waals surface area contributed by atoms with Gasteiger partial charge in [0.2, 0.25) is 0 Å². The van der Waals surface area contributed by atoms with Crippen LogP contribution < -0.4 is 10.5 Å². The molecule has 0 spiro atoms. The number of alkyl halides is 1. The number of rotatable bonds is 3. The highest BCUT2D eigenvalue weighted by Gasteiger charge is 2.13. The van der Waals surface area contributed by atoms with Crippen LogP contribution >= 0.6 is 0 Å². The lowest BCUT2D eigenvalue weighted by atomic mass is 10.1. The number of benzene rings is 1. The monoisotopic (exact) mass is 187 g/mol. The minimum absolute atomic E-state index is 0.137. The molecule has 13 heavy (non-hydrogen) atoms. The molecule has 0 aliphatic heterocycles. The van der Waals surface area contributed by atoms with Crippen molar-refractivity contribution in [3.05, 3.63) is 29.6 Å². The molecule has 1 aromatic carbocycles. The van der Waals surface area contributed by atoms with E-state index in [4.69, 9.17) is 10.5 Å². The molecule has 0 saturated carbocycles. The first kappa shape index (κ1) is 9.92. The number of methoxy groups -OCH3 is 1. The molecular formula is C9H11F2NO. The summed E-state index contributed by atoms with van der Waals surface area (Å²) in [4.78, 5) is 0. The van der Waals surface area contributed by atoms with Crippen LogP contribution in [-0.2, 0) is 0 Å². The van der Waals surface area contributed by atoms with E-state index in [1.165, 1.54) is 19.2 Å². The van der Waals surface area contributed by atoms with Crippen molar-refractivity contribution in [3.63, 3.8) is 0 Å². The summed E-state index contributed by atoms with van der Waals surface area (Å²) in [5.74, 6) is -0.261. The number of ether oxygens (including phenoxy) is 1. The SMILES string of the molecule is COc1cc(F)ccc1C(F)CN. The molecule has 2 N–H and O–H groups in total. The van der Waals surface area contributed by atoms with Crippen LogP contribution in [0.25, 0.3) is 0 Å². The van der Waals surface area contributed by atoms with Crippen molar-refractivity contribution in [2.24, 2.45) is 5.73 Å². The molecule has 0 heterocycles. The van der Waals surface area contributed by atoms with Crippen LogP contribution in [0.15, 0.2) is 18.2 Å². The van der Waals surface area contributed by atoms with Gasteiger partial charge in [0.25, 0.3) is 0 Å². The third-order valence-electron chi connectivity index (χ3n) is 1.74. The quantitative estimate of drug-likeness (QED) is 0.783. The maximum Gasteiger partial charge on any atom is 0.141 e. The minimum Gasteiger partial charge on any atom is -0.496 e. The molecule has 1 atom stereocenters. The van der Waals surface area contributed by atoms with Gasteiger partial charge in [-0.25, -0.2) is 8.78 Å². The van der Waals surface area contributed by atoms with Crippen molar-refractivity contribution in [1.29, 1.82) is 0 Å². The van der Waals surface area contributed by atoms with Crippen molar-refractivity contribution < 1.29 is 13.5 Å². The summed E-state index contributed by atoms with van der Waals surface area (Å²) in [5.41, 5.74) is 5.43. The van der Waals surface area contributed by atoms with Gasteiger partial charge in [0.1, 0.15) is 17.7 Å². The zero-order valence-corrected chi connectivity index (χ0v) is 7.26. The van der Waals surface area contributed by atoms with Crippen LogP contribution in [0.1, 0.15) is 11.7 Å². The second-order valence-electron chi connectivity index (χ2n) is 2.59. The van der Waals surface area contributed by atoms with Crippen molar-refractivity contribution in [2.45, 2.75) is 6.17 Å². The van der Waals surface area contributed by atoms with Crippen LogP contribution in [0.4, 0.5) is 8.78 Å². The van der Waals surface area contributed by atoms with Gasteiger partial charge in [-0.1, -0.05) is 0 Å². The van der Waals surface area contributed by atoms with Crippen LogP contribution in [0.3, 0.4) is 0 Å². The Morgan fingerprint density at radius 1 is 1.54 bits per heavy atom. The molecule has 0 amide bonds. The van der Waals surface area contributed by atoms with Crippen molar-refractivity contribution in [2.75, 3.05) is 13.7 Å². The molecule has 0 fully saturated rings. The molecule has 1 unspecified atom stereocenters. The third kappa shape index (κ3) is 2.15. The summed E-state index contributed by atoms with van der Waals surface area (Å²) in [5, 5.41) is 0. The highest BCUT2D eigenvalue weighted by atomic mass is 19.1. The predicted octanol–water partition coefficient (Wildman–Crippen LogP) is 1.80. The molecular weight excluding hydrogens is 176 g/mol. The van der Waals surface area contributed by atoms with Crippen LogP contribution in [0.2, 0.25) is 0 Å². The van der Waals surface area contributed by atoms with Gasteiger partial charge in [0.15, 0.2) is 0 Å². The maximum atomic E-state index is 13.1. The lowest BCUT2D eigenvalue weighted by Crippen LogP contribution is -2.09. The van der Waals surface area contributed by atoms with Gasteiger partial charge >= 0.3 is 0 Å². The van der Waals surface area contributed by atoms with Crippen molar-refractivity contribution in [1.82, 2.24) is 0 Å². The number of halogens is 2. The van der Waals surface area contributed by atoms with Crippen LogP contribution in [0.5, 0.6) is 5.75 Å². The molecule has 1 rings (SSSR count). The number of hydrogen-bond acceptors (Lipinski definition) is 2. The van der Waals surface area contributed by atoms with Gasteiger partial charge in [0.05, 0.1) is 7.11 Å². The molecule has 0 aliphatic carbocycles. The van der Waals surface area contributed by atoms with Gasteiger partial charge in [-0.3, -0.25) is 0 Å². The summed E-state index contributed by atoms with van der Waals surface area (Å²) >= 11 is 0. The largest absolute Gasteiger partial charge is 0.496 e. The highest BCUT2D eigenvalue weighted by molar-refractivity contribution is 5.35. The fraction of sp³-hybridized carbons (Fsp3) is 0.333. The predicted molar refractivity (Wildman–Crippen MR) is 45.9 cm³/mol. The Labute approximate surface area is 75.3 Å². The summed E-state index contributed by atoms with van der Waals surface area (Å²) in [6.07, 6.45) is -1.31. The average molecular weight is 187 g/mol. The van der Waals surface area contributed by atoms with Gasteiger partial charge in [-0.15, -0.1) is 0 Å². The van der Waals surface area contributed by atoms with Crippen LogP contribution in [0, 0.1) is 5.82 Å². The van der Waals surface area contributed by atoms with E-state index in [0.29, 0.717) is 0 Å². The molecule has 0 bridgehead atoms. The Balaban J connectivity index is 3.05. The van der Waals surface area contributed by atoms with Gasteiger partial charge in [-0.2, -0.15) is 0 Å². The highest BCUT2D eigenvalue weighted by Crippen LogP contribution is 2.27. The Bertz CT molecular complexity index is 291. The lowest BCUT2D eigenvalue weighted by Gasteiger charge is -2.10. The topological polar surface area (TPSA) is 35.2 Å². The standard InChI is InChI=1S/C9H11F2NO/c1-13-9-4-6(10)2-3-7(9)8(11)5-12/h2-4,8H,5,12H2,1H3. The smallest absolute Gasteiger partial charge is 0.141 e. The third-order valence-corrected chi connectivity index (χ3v) is 1.74. The first-order valence-electron chi connectivity index (χ1n) is 3.86. The molecule has 0 saturated heterocycles.